The first-order valence-corrected chi connectivity index (χ1v) is 4.60. The van der Waals surface area contributed by atoms with Crippen LogP contribution in [-0.4, -0.2) is 11.1 Å². The van der Waals surface area contributed by atoms with E-state index >= 15 is 0 Å². The Kier molecular flexibility index (Phi) is 6.44. The minimum atomic E-state index is -0.846. The average Bonchev–Trinajstić information content (AvgIpc) is 2.02. The molecule has 1 unspecified atom stereocenters. The Morgan fingerprint density at radius 1 is 1.50 bits per heavy atom. The van der Waals surface area contributed by atoms with Crippen molar-refractivity contribution in [2.75, 3.05) is 0 Å². The van der Waals surface area contributed by atoms with Gasteiger partial charge in [0.2, 0.25) is 0 Å². The minimum absolute atomic E-state index is 0.658. The van der Waals surface area contributed by atoms with Gasteiger partial charge < -0.3 is 5.11 Å². The number of hydrogen-bond donors (Lipinski definition) is 1. The van der Waals surface area contributed by atoms with E-state index < -0.39 is 5.97 Å². The molecule has 0 radical (unpaired) electrons. The molecular formula is C10H18O2. The topological polar surface area (TPSA) is 37.3 Å². The lowest BCUT2D eigenvalue weighted by molar-refractivity contribution is -0.131. The van der Waals surface area contributed by atoms with E-state index in [1.807, 2.05) is 0 Å². The van der Waals surface area contributed by atoms with Gasteiger partial charge >= 0.3 is 5.97 Å². The zero-order valence-corrected chi connectivity index (χ0v) is 7.92. The molecule has 0 spiro atoms. The number of allylic oxidation sites excluding steroid dienone is 1. The van der Waals surface area contributed by atoms with Crippen molar-refractivity contribution in [3.8, 4) is 0 Å². The molecular weight excluding hydrogens is 152 g/mol. The van der Waals surface area contributed by atoms with Crippen molar-refractivity contribution in [2.24, 2.45) is 5.92 Å². The molecule has 0 bridgehead atoms. The van der Waals surface area contributed by atoms with Crippen molar-refractivity contribution < 1.29 is 9.90 Å². The summed E-state index contributed by atoms with van der Waals surface area (Å²) < 4.78 is 0. The summed E-state index contributed by atoms with van der Waals surface area (Å²) in [5, 5.41) is 8.34. The molecule has 0 fully saturated rings. The average molecular weight is 170 g/mol. The number of rotatable bonds is 6. The van der Waals surface area contributed by atoms with Gasteiger partial charge in [0, 0.05) is 6.08 Å². The molecule has 2 nitrogen and oxygen atoms in total. The Hall–Kier alpha value is -0.790. The van der Waals surface area contributed by atoms with Crippen molar-refractivity contribution in [3.05, 3.63) is 12.2 Å². The molecule has 0 aromatic carbocycles. The molecule has 1 atom stereocenters. The molecule has 0 aliphatic heterocycles. The third kappa shape index (κ3) is 5.96. The fourth-order valence-corrected chi connectivity index (χ4v) is 1.26. The van der Waals surface area contributed by atoms with Crippen LogP contribution in [0, 0.1) is 5.92 Å². The van der Waals surface area contributed by atoms with E-state index in [1.165, 1.54) is 18.9 Å². The number of hydrogen-bond acceptors (Lipinski definition) is 1. The highest BCUT2D eigenvalue weighted by atomic mass is 16.4. The fraction of sp³-hybridized carbons (Fsp3) is 0.700. The molecule has 0 aromatic heterocycles. The van der Waals surface area contributed by atoms with Gasteiger partial charge in [-0.2, -0.15) is 0 Å². The van der Waals surface area contributed by atoms with Crippen LogP contribution in [-0.2, 0) is 4.79 Å². The van der Waals surface area contributed by atoms with Gasteiger partial charge in [0.1, 0.15) is 0 Å². The Bertz CT molecular complexity index is 150. The second kappa shape index (κ2) is 6.89. The molecule has 0 aliphatic carbocycles. The fourth-order valence-electron chi connectivity index (χ4n) is 1.26. The third-order valence-corrected chi connectivity index (χ3v) is 2.00. The lowest BCUT2D eigenvalue weighted by Crippen LogP contribution is -1.96. The third-order valence-electron chi connectivity index (χ3n) is 2.00. The van der Waals surface area contributed by atoms with E-state index in [1.54, 1.807) is 6.08 Å². The zero-order chi connectivity index (χ0) is 9.40. The number of carbonyl (C=O) groups is 1. The zero-order valence-electron chi connectivity index (χ0n) is 7.92. The largest absolute Gasteiger partial charge is 0.478 e. The summed E-state index contributed by atoms with van der Waals surface area (Å²) in [6, 6.07) is 0. The molecule has 0 amide bonds. The van der Waals surface area contributed by atoms with Crippen molar-refractivity contribution in [3.63, 3.8) is 0 Å². The smallest absolute Gasteiger partial charge is 0.327 e. The first-order valence-electron chi connectivity index (χ1n) is 4.60. The van der Waals surface area contributed by atoms with Crippen LogP contribution in [0.5, 0.6) is 0 Å². The van der Waals surface area contributed by atoms with Gasteiger partial charge in [-0.15, -0.1) is 0 Å². The van der Waals surface area contributed by atoms with Crippen LogP contribution >= 0.6 is 0 Å². The van der Waals surface area contributed by atoms with Gasteiger partial charge in [-0.25, -0.2) is 4.79 Å². The molecule has 0 aromatic rings. The summed E-state index contributed by atoms with van der Waals surface area (Å²) in [5.74, 6) is -0.188. The quantitative estimate of drug-likeness (QED) is 0.622. The summed E-state index contributed by atoms with van der Waals surface area (Å²) in [5.41, 5.74) is 0. The Morgan fingerprint density at radius 2 is 2.17 bits per heavy atom. The van der Waals surface area contributed by atoms with Crippen molar-refractivity contribution in [1.29, 1.82) is 0 Å². The van der Waals surface area contributed by atoms with Gasteiger partial charge in [0.25, 0.3) is 0 Å². The second-order valence-electron chi connectivity index (χ2n) is 3.04. The van der Waals surface area contributed by atoms with Crippen molar-refractivity contribution >= 4 is 5.97 Å². The van der Waals surface area contributed by atoms with E-state index in [-0.39, 0.29) is 0 Å². The molecule has 70 valence electrons. The Balaban J connectivity index is 3.63. The summed E-state index contributed by atoms with van der Waals surface area (Å²) in [7, 11) is 0. The van der Waals surface area contributed by atoms with Gasteiger partial charge in [-0.05, 0) is 12.3 Å². The lowest BCUT2D eigenvalue weighted by atomic mass is 9.97. The van der Waals surface area contributed by atoms with Crippen LogP contribution in [0.25, 0.3) is 0 Å². The molecule has 0 aliphatic rings. The Morgan fingerprint density at radius 3 is 2.58 bits per heavy atom. The molecule has 0 saturated heterocycles. The SMILES string of the molecule is CCCC(CC)CC=CC(=O)O. The predicted molar refractivity (Wildman–Crippen MR) is 50.1 cm³/mol. The normalized spacial score (nSPS) is 13.5. The summed E-state index contributed by atoms with van der Waals surface area (Å²) in [6.45, 7) is 4.30. The second-order valence-corrected chi connectivity index (χ2v) is 3.04. The van der Waals surface area contributed by atoms with Gasteiger partial charge in [-0.3, -0.25) is 0 Å². The molecule has 12 heavy (non-hydrogen) atoms. The first kappa shape index (κ1) is 11.2. The van der Waals surface area contributed by atoms with Gasteiger partial charge in [-0.1, -0.05) is 39.2 Å². The van der Waals surface area contributed by atoms with E-state index in [2.05, 4.69) is 13.8 Å². The maximum Gasteiger partial charge on any atom is 0.327 e. The van der Waals surface area contributed by atoms with E-state index in [9.17, 15) is 4.79 Å². The van der Waals surface area contributed by atoms with E-state index in [0.717, 1.165) is 12.8 Å². The minimum Gasteiger partial charge on any atom is -0.478 e. The molecule has 2 heteroatoms. The van der Waals surface area contributed by atoms with Gasteiger partial charge in [0.05, 0.1) is 0 Å². The van der Waals surface area contributed by atoms with Gasteiger partial charge in [0.15, 0.2) is 0 Å². The predicted octanol–water partition coefficient (Wildman–Crippen LogP) is 2.84. The molecule has 0 heterocycles. The molecule has 0 rings (SSSR count). The van der Waals surface area contributed by atoms with E-state index in [4.69, 9.17) is 5.11 Å². The lowest BCUT2D eigenvalue weighted by Gasteiger charge is -2.09. The summed E-state index contributed by atoms with van der Waals surface area (Å²) >= 11 is 0. The van der Waals surface area contributed by atoms with Crippen LogP contribution in [0.15, 0.2) is 12.2 Å². The van der Waals surface area contributed by atoms with Crippen molar-refractivity contribution in [2.45, 2.75) is 39.5 Å². The van der Waals surface area contributed by atoms with Crippen LogP contribution in [0.4, 0.5) is 0 Å². The monoisotopic (exact) mass is 170 g/mol. The van der Waals surface area contributed by atoms with Crippen LogP contribution in [0.3, 0.4) is 0 Å². The summed E-state index contributed by atoms with van der Waals surface area (Å²) in [6.07, 6.45) is 7.40. The highest BCUT2D eigenvalue weighted by molar-refractivity contribution is 5.79. The molecule has 1 N–H and O–H groups in total. The maximum absolute atomic E-state index is 10.1. The van der Waals surface area contributed by atoms with Crippen LogP contribution in [0.2, 0.25) is 0 Å². The van der Waals surface area contributed by atoms with E-state index in [0.29, 0.717) is 5.92 Å². The number of aliphatic carboxylic acids is 1. The highest BCUT2D eigenvalue weighted by Crippen LogP contribution is 2.15. The maximum atomic E-state index is 10.1. The van der Waals surface area contributed by atoms with Crippen molar-refractivity contribution in [1.82, 2.24) is 0 Å². The Labute approximate surface area is 74.3 Å². The highest BCUT2D eigenvalue weighted by Gasteiger charge is 2.01. The van der Waals surface area contributed by atoms with Crippen LogP contribution < -0.4 is 0 Å². The summed E-state index contributed by atoms with van der Waals surface area (Å²) in [4.78, 5) is 10.1. The standard InChI is InChI=1S/C10H18O2/c1-3-6-9(4-2)7-5-8-10(11)12/h5,8-9H,3-4,6-7H2,1-2H3,(H,11,12). The first-order chi connectivity index (χ1) is 5.70. The van der Waals surface area contributed by atoms with Crippen LogP contribution in [0.1, 0.15) is 39.5 Å². The number of carboxylic acid groups (broad SMARTS) is 1. The molecule has 0 saturated carbocycles. The number of carboxylic acids is 1.